The Morgan fingerprint density at radius 3 is 2.50 bits per heavy atom. The fourth-order valence-corrected chi connectivity index (χ4v) is 3.55. The van der Waals surface area contributed by atoms with Crippen LogP contribution in [0.3, 0.4) is 0 Å². The molecule has 2 rings (SSSR count). The third-order valence-electron chi connectivity index (χ3n) is 3.65. The number of nitrogens with one attached hydrogen (secondary N) is 1. The monoisotopic (exact) mass is 356 g/mol. The fraction of sp³-hybridized carbons (Fsp3) is 0.600. The van der Waals surface area contributed by atoms with E-state index in [9.17, 15) is 13.2 Å². The van der Waals surface area contributed by atoms with Crippen LogP contribution in [0, 0.1) is 0 Å². The summed E-state index contributed by atoms with van der Waals surface area (Å²) in [5, 5.41) is 0. The number of piperazine rings is 1. The maximum Gasteiger partial charge on any atom is 0.409 e. The van der Waals surface area contributed by atoms with Crippen molar-refractivity contribution in [3.63, 3.8) is 0 Å². The lowest BCUT2D eigenvalue weighted by atomic mass is 10.3. The number of pyridine rings is 1. The van der Waals surface area contributed by atoms with Crippen molar-refractivity contribution in [3.8, 4) is 0 Å². The minimum absolute atomic E-state index is 0.0756. The van der Waals surface area contributed by atoms with Crippen LogP contribution in [0.5, 0.6) is 0 Å². The minimum Gasteiger partial charge on any atom is -0.450 e. The largest absolute Gasteiger partial charge is 0.450 e. The van der Waals surface area contributed by atoms with Crippen molar-refractivity contribution in [1.29, 1.82) is 0 Å². The first kappa shape index (κ1) is 18.3. The maximum absolute atomic E-state index is 11.7. The van der Waals surface area contributed by atoms with Crippen LogP contribution in [0.2, 0.25) is 0 Å². The van der Waals surface area contributed by atoms with Crippen molar-refractivity contribution >= 4 is 27.6 Å². The molecule has 1 aromatic rings. The van der Waals surface area contributed by atoms with E-state index < -0.39 is 10.0 Å². The second kappa shape index (κ2) is 8.18. The van der Waals surface area contributed by atoms with Gasteiger partial charge in [-0.3, -0.25) is 4.72 Å². The van der Waals surface area contributed by atoms with E-state index in [1.807, 2.05) is 13.0 Å². The number of hydrogen-bond donors (Lipinski definition) is 1. The first-order valence-corrected chi connectivity index (χ1v) is 9.73. The van der Waals surface area contributed by atoms with E-state index in [0.29, 0.717) is 45.0 Å². The number of rotatable bonds is 6. The van der Waals surface area contributed by atoms with Gasteiger partial charge in [-0.1, -0.05) is 6.92 Å². The second-order valence-corrected chi connectivity index (χ2v) is 7.34. The average Bonchev–Trinajstić information content (AvgIpc) is 2.55. The van der Waals surface area contributed by atoms with Crippen molar-refractivity contribution in [2.24, 2.45) is 0 Å². The van der Waals surface area contributed by atoms with Gasteiger partial charge in [-0.25, -0.2) is 18.2 Å². The number of hydrogen-bond acceptors (Lipinski definition) is 6. The molecule has 134 valence electrons. The summed E-state index contributed by atoms with van der Waals surface area (Å²) in [6.07, 6.45) is 1.91. The standard InChI is InChI=1S/C15H24N4O4S/c1-3-11-24(21,22)17-14-6-5-13(12-16-14)18-7-9-19(10-8-18)15(20)23-4-2/h5-6,12H,3-4,7-11H2,1-2H3,(H,16,17). The Balaban J connectivity index is 1.92. The van der Waals surface area contributed by atoms with Crippen LogP contribution in [0.1, 0.15) is 20.3 Å². The summed E-state index contributed by atoms with van der Waals surface area (Å²) < 4.78 is 30.9. The quantitative estimate of drug-likeness (QED) is 0.831. The van der Waals surface area contributed by atoms with Crippen LogP contribution in [0.25, 0.3) is 0 Å². The van der Waals surface area contributed by atoms with E-state index in [4.69, 9.17) is 4.74 Å². The Morgan fingerprint density at radius 2 is 1.96 bits per heavy atom. The molecule has 0 saturated carbocycles. The summed E-state index contributed by atoms with van der Waals surface area (Å²) in [6.45, 7) is 6.51. The molecule has 0 unspecified atom stereocenters. The van der Waals surface area contributed by atoms with Gasteiger partial charge in [0.2, 0.25) is 10.0 Å². The van der Waals surface area contributed by atoms with Crippen LogP contribution in [-0.2, 0) is 14.8 Å². The van der Waals surface area contributed by atoms with Gasteiger partial charge in [0.15, 0.2) is 0 Å². The number of nitrogens with zero attached hydrogens (tertiary/aromatic N) is 3. The highest BCUT2D eigenvalue weighted by atomic mass is 32.2. The van der Waals surface area contributed by atoms with Gasteiger partial charge in [-0.05, 0) is 25.5 Å². The topological polar surface area (TPSA) is 91.8 Å². The smallest absolute Gasteiger partial charge is 0.409 e. The van der Waals surface area contributed by atoms with Crippen LogP contribution in [0.4, 0.5) is 16.3 Å². The lowest BCUT2D eigenvalue weighted by Crippen LogP contribution is -2.49. The summed E-state index contributed by atoms with van der Waals surface area (Å²) >= 11 is 0. The highest BCUT2D eigenvalue weighted by molar-refractivity contribution is 7.92. The van der Waals surface area contributed by atoms with Gasteiger partial charge in [0.05, 0.1) is 24.2 Å². The molecule has 0 aliphatic carbocycles. The van der Waals surface area contributed by atoms with E-state index in [0.717, 1.165) is 5.69 Å². The lowest BCUT2D eigenvalue weighted by molar-refractivity contribution is 0.105. The molecule has 1 saturated heterocycles. The number of ether oxygens (including phenoxy) is 1. The Hall–Kier alpha value is -2.03. The molecule has 2 heterocycles. The number of sulfonamides is 1. The molecule has 0 radical (unpaired) electrons. The molecular formula is C15H24N4O4S. The van der Waals surface area contributed by atoms with Gasteiger partial charge in [0.1, 0.15) is 5.82 Å². The van der Waals surface area contributed by atoms with Crippen LogP contribution in [0.15, 0.2) is 18.3 Å². The predicted octanol–water partition coefficient (Wildman–Crippen LogP) is 1.51. The van der Waals surface area contributed by atoms with Gasteiger partial charge in [0, 0.05) is 26.2 Å². The van der Waals surface area contributed by atoms with Gasteiger partial charge in [-0.15, -0.1) is 0 Å². The molecule has 0 atom stereocenters. The SMILES string of the molecule is CCCS(=O)(=O)Nc1ccc(N2CCN(C(=O)OCC)CC2)cn1. The number of amides is 1. The average molecular weight is 356 g/mol. The van der Waals surface area contributed by atoms with E-state index in [1.165, 1.54) is 0 Å². The van der Waals surface area contributed by atoms with Crippen LogP contribution >= 0.6 is 0 Å². The Bertz CT molecular complexity index is 640. The zero-order chi connectivity index (χ0) is 17.6. The lowest BCUT2D eigenvalue weighted by Gasteiger charge is -2.35. The van der Waals surface area contributed by atoms with Gasteiger partial charge < -0.3 is 14.5 Å². The number of anilines is 2. The molecule has 0 aromatic carbocycles. The summed E-state index contributed by atoms with van der Waals surface area (Å²) in [7, 11) is -3.33. The normalized spacial score (nSPS) is 15.2. The minimum atomic E-state index is -3.33. The van der Waals surface area contributed by atoms with Gasteiger partial charge in [0.25, 0.3) is 0 Å². The summed E-state index contributed by atoms with van der Waals surface area (Å²) in [6, 6.07) is 3.48. The third kappa shape index (κ3) is 4.98. The van der Waals surface area contributed by atoms with E-state index in [2.05, 4.69) is 14.6 Å². The van der Waals surface area contributed by atoms with Crippen molar-refractivity contribution in [2.45, 2.75) is 20.3 Å². The Morgan fingerprint density at radius 1 is 1.25 bits per heavy atom. The second-order valence-electron chi connectivity index (χ2n) is 5.50. The van der Waals surface area contributed by atoms with E-state index in [-0.39, 0.29) is 11.8 Å². The molecule has 0 bridgehead atoms. The molecule has 1 N–H and O–H groups in total. The van der Waals surface area contributed by atoms with E-state index in [1.54, 1.807) is 24.1 Å². The molecule has 9 heteroatoms. The number of carbonyl (C=O) groups is 1. The Labute approximate surface area is 142 Å². The molecule has 8 nitrogen and oxygen atoms in total. The van der Waals surface area contributed by atoms with Crippen LogP contribution < -0.4 is 9.62 Å². The predicted molar refractivity (Wildman–Crippen MR) is 92.7 cm³/mol. The molecule has 1 aliphatic heterocycles. The highest BCUT2D eigenvalue weighted by Crippen LogP contribution is 2.18. The summed E-state index contributed by atoms with van der Waals surface area (Å²) in [5.74, 6) is 0.393. The maximum atomic E-state index is 11.7. The van der Waals surface area contributed by atoms with Crippen molar-refractivity contribution in [2.75, 3.05) is 48.2 Å². The fourth-order valence-electron chi connectivity index (χ4n) is 2.47. The third-order valence-corrected chi connectivity index (χ3v) is 5.12. The van der Waals surface area contributed by atoms with Gasteiger partial charge in [-0.2, -0.15) is 0 Å². The van der Waals surface area contributed by atoms with Crippen molar-refractivity contribution in [3.05, 3.63) is 18.3 Å². The molecule has 1 aromatic heterocycles. The summed E-state index contributed by atoms with van der Waals surface area (Å²) in [5.41, 5.74) is 0.900. The van der Waals surface area contributed by atoms with Crippen molar-refractivity contribution < 1.29 is 17.9 Å². The molecule has 0 spiro atoms. The highest BCUT2D eigenvalue weighted by Gasteiger charge is 2.22. The number of aromatic nitrogens is 1. The molecule has 1 aliphatic rings. The zero-order valence-corrected chi connectivity index (χ0v) is 14.9. The summed E-state index contributed by atoms with van der Waals surface area (Å²) in [4.78, 5) is 19.6. The molecule has 1 amide bonds. The van der Waals surface area contributed by atoms with E-state index >= 15 is 0 Å². The first-order valence-electron chi connectivity index (χ1n) is 8.08. The van der Waals surface area contributed by atoms with Crippen molar-refractivity contribution in [1.82, 2.24) is 9.88 Å². The zero-order valence-electron chi connectivity index (χ0n) is 14.1. The first-order chi connectivity index (χ1) is 11.4. The Kier molecular flexibility index (Phi) is 6.24. The van der Waals surface area contributed by atoms with Gasteiger partial charge >= 0.3 is 6.09 Å². The van der Waals surface area contributed by atoms with Crippen LogP contribution in [-0.4, -0.2) is 62.9 Å². The molecular weight excluding hydrogens is 332 g/mol. The molecule has 1 fully saturated rings. The molecule has 24 heavy (non-hydrogen) atoms. The number of carbonyl (C=O) groups excluding carboxylic acids is 1.